The van der Waals surface area contributed by atoms with Crippen LogP contribution in [0.5, 0.6) is 0 Å². The Balaban J connectivity index is 1.63. The normalized spacial score (nSPS) is 11.1. The van der Waals surface area contributed by atoms with E-state index in [0.29, 0.717) is 0 Å². The molecule has 6 aromatic rings. The summed E-state index contributed by atoms with van der Waals surface area (Å²) in [7, 11) is 0. The molecule has 0 saturated carbocycles. The van der Waals surface area contributed by atoms with E-state index in [-0.39, 0.29) is 0 Å². The van der Waals surface area contributed by atoms with Crippen LogP contribution in [0.25, 0.3) is 49.5 Å². The summed E-state index contributed by atoms with van der Waals surface area (Å²) in [5, 5.41) is 4.70. The molecule has 2 aromatic heterocycles. The highest BCUT2D eigenvalue weighted by Gasteiger charge is 2.19. The van der Waals surface area contributed by atoms with Crippen molar-refractivity contribution in [2.24, 2.45) is 0 Å². The highest BCUT2D eigenvalue weighted by molar-refractivity contribution is 7.16. The summed E-state index contributed by atoms with van der Waals surface area (Å²) < 4.78 is 3.10. The number of hydrogen-bond acceptors (Lipinski definition) is 4. The third kappa shape index (κ3) is 3.20. The van der Waals surface area contributed by atoms with E-state index in [1.54, 1.807) is 17.7 Å². The van der Waals surface area contributed by atoms with E-state index >= 15 is 0 Å². The van der Waals surface area contributed by atoms with Crippen molar-refractivity contribution in [3.05, 3.63) is 109 Å². The van der Waals surface area contributed by atoms with Gasteiger partial charge < -0.3 is 0 Å². The maximum atomic E-state index is 4.70. The summed E-state index contributed by atoms with van der Waals surface area (Å²) in [4.78, 5) is 9.06. The minimum absolute atomic E-state index is 0.806. The second kappa shape index (κ2) is 7.87. The van der Waals surface area contributed by atoms with Crippen molar-refractivity contribution in [2.75, 3.05) is 0 Å². The molecular formula is C27H18N4S. The number of thiazole rings is 1. The molecule has 5 heteroatoms. The summed E-state index contributed by atoms with van der Waals surface area (Å²) in [6.45, 7) is 0. The van der Waals surface area contributed by atoms with Crippen molar-refractivity contribution in [3.63, 3.8) is 0 Å². The van der Waals surface area contributed by atoms with E-state index < -0.39 is 0 Å². The fourth-order valence-electron chi connectivity index (χ4n) is 4.07. The molecule has 6 rings (SSSR count). The molecule has 0 aliphatic heterocycles. The van der Waals surface area contributed by atoms with Gasteiger partial charge in [-0.3, -0.25) is 0 Å². The Morgan fingerprint density at radius 3 is 2.00 bits per heavy atom. The van der Waals surface area contributed by atoms with Crippen LogP contribution >= 0.6 is 11.3 Å². The van der Waals surface area contributed by atoms with Crippen LogP contribution in [0.15, 0.2) is 109 Å². The molecule has 0 bridgehead atoms. The maximum absolute atomic E-state index is 4.70. The zero-order chi connectivity index (χ0) is 21.3. The summed E-state index contributed by atoms with van der Waals surface area (Å²) in [6, 6.07) is 33.5. The molecule has 4 aromatic carbocycles. The summed E-state index contributed by atoms with van der Waals surface area (Å²) in [6.07, 6.45) is 1.63. The Bertz CT molecular complexity index is 1460. The molecule has 0 atom stereocenters. The molecule has 0 spiro atoms. The second-order valence-electron chi connectivity index (χ2n) is 7.46. The van der Waals surface area contributed by atoms with Gasteiger partial charge in [0.25, 0.3) is 0 Å². The lowest BCUT2D eigenvalue weighted by atomic mass is 9.96. The largest absolute Gasteiger partial charge is 0.245 e. The van der Waals surface area contributed by atoms with Gasteiger partial charge in [0.15, 0.2) is 5.82 Å². The van der Waals surface area contributed by atoms with Crippen molar-refractivity contribution >= 4 is 21.6 Å². The van der Waals surface area contributed by atoms with Gasteiger partial charge in [-0.25, -0.2) is 14.6 Å². The molecule has 152 valence electrons. The minimum atomic E-state index is 0.806. The number of rotatable bonds is 4. The Hall–Kier alpha value is -4.09. The zero-order valence-electron chi connectivity index (χ0n) is 17.1. The Labute approximate surface area is 189 Å². The van der Waals surface area contributed by atoms with Gasteiger partial charge in [-0.05, 0) is 29.3 Å². The SMILES string of the molecule is c1ccc(-c2cccc(-c3ccccc3)c2-n2ncnc2-c2ccc3ncsc3c2)cc1. The van der Waals surface area contributed by atoms with E-state index in [9.17, 15) is 0 Å². The first-order valence-electron chi connectivity index (χ1n) is 10.4. The molecule has 0 aliphatic carbocycles. The maximum Gasteiger partial charge on any atom is 0.163 e. The van der Waals surface area contributed by atoms with Crippen molar-refractivity contribution < 1.29 is 0 Å². The number of aromatic nitrogens is 4. The van der Waals surface area contributed by atoms with Crippen LogP contribution < -0.4 is 0 Å². The van der Waals surface area contributed by atoms with Gasteiger partial charge in [-0.1, -0.05) is 78.9 Å². The monoisotopic (exact) mass is 430 g/mol. The fraction of sp³-hybridized carbons (Fsp3) is 0. The molecule has 2 heterocycles. The van der Waals surface area contributed by atoms with E-state index in [1.165, 1.54) is 0 Å². The van der Waals surface area contributed by atoms with Crippen molar-refractivity contribution in [2.45, 2.75) is 0 Å². The lowest BCUT2D eigenvalue weighted by molar-refractivity contribution is 0.890. The summed E-state index contributed by atoms with van der Waals surface area (Å²) in [5.41, 5.74) is 9.40. The fourth-order valence-corrected chi connectivity index (χ4v) is 4.79. The molecule has 0 amide bonds. The molecule has 32 heavy (non-hydrogen) atoms. The number of fused-ring (bicyclic) bond motifs is 1. The first-order valence-corrected chi connectivity index (χ1v) is 11.2. The zero-order valence-corrected chi connectivity index (χ0v) is 17.9. The smallest absolute Gasteiger partial charge is 0.163 e. The second-order valence-corrected chi connectivity index (χ2v) is 8.35. The number of nitrogens with zero attached hydrogens (tertiary/aromatic N) is 4. The van der Waals surface area contributed by atoms with Gasteiger partial charge in [-0.15, -0.1) is 11.3 Å². The average molecular weight is 431 g/mol. The minimum Gasteiger partial charge on any atom is -0.245 e. The first-order chi connectivity index (χ1) is 15.9. The summed E-state index contributed by atoms with van der Waals surface area (Å²) >= 11 is 1.63. The average Bonchev–Trinajstić information content (AvgIpc) is 3.54. The predicted octanol–water partition coefficient (Wildman–Crippen LogP) is 6.88. The van der Waals surface area contributed by atoms with E-state index in [2.05, 4.69) is 88.8 Å². The highest BCUT2D eigenvalue weighted by atomic mass is 32.1. The third-order valence-electron chi connectivity index (χ3n) is 5.55. The van der Waals surface area contributed by atoms with Crippen molar-refractivity contribution in [1.82, 2.24) is 19.7 Å². The molecule has 0 aliphatic rings. The van der Waals surface area contributed by atoms with Gasteiger partial charge in [0.05, 0.1) is 21.4 Å². The number of hydrogen-bond donors (Lipinski definition) is 0. The molecule has 0 N–H and O–H groups in total. The van der Waals surface area contributed by atoms with Crippen LogP contribution in [0.4, 0.5) is 0 Å². The lowest BCUT2D eigenvalue weighted by Crippen LogP contribution is -2.04. The molecule has 4 nitrogen and oxygen atoms in total. The van der Waals surface area contributed by atoms with E-state index in [4.69, 9.17) is 5.10 Å². The van der Waals surface area contributed by atoms with Gasteiger partial charge >= 0.3 is 0 Å². The van der Waals surface area contributed by atoms with E-state index in [1.807, 2.05) is 28.4 Å². The molecule has 0 radical (unpaired) electrons. The van der Waals surface area contributed by atoms with Crippen molar-refractivity contribution in [3.8, 4) is 39.3 Å². The standard InChI is InChI=1S/C27H18N4S/c1-3-8-19(9-4-1)22-12-7-13-23(20-10-5-2-6-11-20)26(22)31-27(28-17-30-31)21-14-15-24-25(16-21)32-18-29-24/h1-18H. The number of benzene rings is 4. The van der Waals surface area contributed by atoms with Gasteiger partial charge in [0.1, 0.15) is 6.33 Å². The predicted molar refractivity (Wildman–Crippen MR) is 131 cm³/mol. The van der Waals surface area contributed by atoms with Crippen LogP contribution in [-0.4, -0.2) is 19.7 Å². The van der Waals surface area contributed by atoms with Crippen LogP contribution in [0.3, 0.4) is 0 Å². The number of para-hydroxylation sites is 1. The molecule has 0 saturated heterocycles. The molecule has 0 fully saturated rings. The van der Waals surface area contributed by atoms with Crippen molar-refractivity contribution in [1.29, 1.82) is 0 Å². The molecular weight excluding hydrogens is 412 g/mol. The van der Waals surface area contributed by atoms with Crippen LogP contribution in [-0.2, 0) is 0 Å². The van der Waals surface area contributed by atoms with Crippen LogP contribution in [0.2, 0.25) is 0 Å². The molecule has 0 unspecified atom stereocenters. The quantitative estimate of drug-likeness (QED) is 0.306. The van der Waals surface area contributed by atoms with Gasteiger partial charge in [0, 0.05) is 16.7 Å². The van der Waals surface area contributed by atoms with Gasteiger partial charge in [0.2, 0.25) is 0 Å². The topological polar surface area (TPSA) is 43.6 Å². The van der Waals surface area contributed by atoms with E-state index in [0.717, 1.165) is 49.5 Å². The highest BCUT2D eigenvalue weighted by Crippen LogP contribution is 2.37. The Morgan fingerprint density at radius 1 is 0.625 bits per heavy atom. The summed E-state index contributed by atoms with van der Waals surface area (Å²) in [5.74, 6) is 0.806. The first kappa shape index (κ1) is 18.7. The Morgan fingerprint density at radius 2 is 1.31 bits per heavy atom. The van der Waals surface area contributed by atoms with Gasteiger partial charge in [-0.2, -0.15) is 5.10 Å². The van der Waals surface area contributed by atoms with Crippen LogP contribution in [0.1, 0.15) is 0 Å². The van der Waals surface area contributed by atoms with Crippen LogP contribution in [0, 0.1) is 0 Å². The Kier molecular flexibility index (Phi) is 4.59. The third-order valence-corrected chi connectivity index (χ3v) is 6.35. The lowest BCUT2D eigenvalue weighted by Gasteiger charge is -2.17.